The molecular formula is C11H18N6O. The molecule has 0 spiro atoms. The Morgan fingerprint density at radius 2 is 2.33 bits per heavy atom. The minimum Gasteiger partial charge on any atom is -0.358 e. The Morgan fingerprint density at radius 3 is 3.11 bits per heavy atom. The van der Waals surface area contributed by atoms with Gasteiger partial charge in [-0.15, -0.1) is 0 Å². The van der Waals surface area contributed by atoms with Gasteiger partial charge in [0.15, 0.2) is 5.65 Å². The van der Waals surface area contributed by atoms with Crippen LogP contribution in [-0.2, 0) is 0 Å². The average Bonchev–Trinajstić information content (AvgIpc) is 2.76. The Kier molecular flexibility index (Phi) is 3.93. The maximum atomic E-state index is 11.3. The van der Waals surface area contributed by atoms with Gasteiger partial charge in [0.1, 0.15) is 12.1 Å². The fourth-order valence-corrected chi connectivity index (χ4v) is 1.67. The van der Waals surface area contributed by atoms with Crippen LogP contribution in [0.25, 0.3) is 5.65 Å². The van der Waals surface area contributed by atoms with Crippen molar-refractivity contribution in [2.75, 3.05) is 31.6 Å². The summed E-state index contributed by atoms with van der Waals surface area (Å²) in [6.07, 6.45) is 2.62. The van der Waals surface area contributed by atoms with Crippen molar-refractivity contribution in [1.82, 2.24) is 24.9 Å². The normalized spacial score (nSPS) is 11.0. The first-order valence-electron chi connectivity index (χ1n) is 6.07. The smallest absolute Gasteiger partial charge is 0.348 e. The van der Waals surface area contributed by atoms with Gasteiger partial charge in [0.2, 0.25) is 0 Å². The highest BCUT2D eigenvalue weighted by molar-refractivity contribution is 5.49. The molecule has 0 bridgehead atoms. The van der Waals surface area contributed by atoms with Gasteiger partial charge >= 0.3 is 5.69 Å². The molecule has 0 atom stereocenters. The number of H-pyrrole nitrogens is 1. The first-order chi connectivity index (χ1) is 8.72. The van der Waals surface area contributed by atoms with E-state index in [2.05, 4.69) is 27.4 Å². The molecule has 2 aromatic rings. The third kappa shape index (κ3) is 2.67. The van der Waals surface area contributed by atoms with Gasteiger partial charge in [-0.3, -0.25) is 0 Å². The molecule has 0 aliphatic heterocycles. The van der Waals surface area contributed by atoms with Crippen LogP contribution >= 0.6 is 0 Å². The van der Waals surface area contributed by atoms with Gasteiger partial charge in [0.25, 0.3) is 0 Å². The summed E-state index contributed by atoms with van der Waals surface area (Å²) in [7, 11) is 1.97. The van der Waals surface area contributed by atoms with Gasteiger partial charge in [-0.25, -0.2) is 19.3 Å². The van der Waals surface area contributed by atoms with Crippen molar-refractivity contribution < 1.29 is 0 Å². The van der Waals surface area contributed by atoms with Crippen LogP contribution in [0.2, 0.25) is 0 Å². The topological polar surface area (TPSA) is 78.3 Å². The molecule has 0 fully saturated rings. The van der Waals surface area contributed by atoms with E-state index in [0.717, 1.165) is 31.9 Å². The lowest BCUT2D eigenvalue weighted by molar-refractivity contribution is 0.663. The van der Waals surface area contributed by atoms with E-state index in [1.165, 1.54) is 10.7 Å². The second-order valence-electron chi connectivity index (χ2n) is 4.18. The van der Waals surface area contributed by atoms with E-state index in [9.17, 15) is 4.79 Å². The second kappa shape index (κ2) is 5.63. The van der Waals surface area contributed by atoms with Gasteiger partial charge in [-0.1, -0.05) is 6.92 Å². The predicted octanol–water partition coefficient (Wildman–Crippen LogP) is -0.147. The van der Waals surface area contributed by atoms with Crippen molar-refractivity contribution in [1.29, 1.82) is 0 Å². The van der Waals surface area contributed by atoms with E-state index in [-0.39, 0.29) is 5.69 Å². The Hall–Kier alpha value is -1.89. The zero-order valence-corrected chi connectivity index (χ0v) is 10.7. The van der Waals surface area contributed by atoms with E-state index in [4.69, 9.17) is 0 Å². The maximum Gasteiger partial charge on any atom is 0.348 e. The van der Waals surface area contributed by atoms with Crippen molar-refractivity contribution in [3.05, 3.63) is 22.9 Å². The highest BCUT2D eigenvalue weighted by Crippen LogP contribution is 2.08. The molecule has 98 valence electrons. The quantitative estimate of drug-likeness (QED) is 0.697. The summed E-state index contributed by atoms with van der Waals surface area (Å²) in [5.74, 6) is 0.805. The van der Waals surface area contributed by atoms with Crippen molar-refractivity contribution in [3.63, 3.8) is 0 Å². The zero-order valence-electron chi connectivity index (χ0n) is 10.7. The van der Waals surface area contributed by atoms with Crippen LogP contribution in [0.4, 0.5) is 5.82 Å². The minimum atomic E-state index is -0.267. The zero-order chi connectivity index (χ0) is 13.0. The SMILES string of the molecule is CCCNCCN(C)c1cc2n[nH]c(=O)n2cn1. The van der Waals surface area contributed by atoms with Gasteiger partial charge in [0, 0.05) is 26.2 Å². The van der Waals surface area contributed by atoms with Gasteiger partial charge < -0.3 is 10.2 Å². The Labute approximate surface area is 105 Å². The van der Waals surface area contributed by atoms with Crippen molar-refractivity contribution in [2.45, 2.75) is 13.3 Å². The van der Waals surface area contributed by atoms with Crippen LogP contribution in [0.3, 0.4) is 0 Å². The molecule has 0 saturated carbocycles. The van der Waals surface area contributed by atoms with Crippen LogP contribution in [0.1, 0.15) is 13.3 Å². The molecule has 0 amide bonds. The lowest BCUT2D eigenvalue weighted by Gasteiger charge is -2.18. The molecule has 0 radical (unpaired) electrons. The van der Waals surface area contributed by atoms with E-state index < -0.39 is 0 Å². The number of hydrogen-bond donors (Lipinski definition) is 2. The van der Waals surface area contributed by atoms with Gasteiger partial charge in [0.05, 0.1) is 0 Å². The number of anilines is 1. The predicted molar refractivity (Wildman–Crippen MR) is 70.0 cm³/mol. The third-order valence-electron chi connectivity index (χ3n) is 2.74. The van der Waals surface area contributed by atoms with E-state index in [1.807, 2.05) is 11.9 Å². The van der Waals surface area contributed by atoms with Crippen LogP contribution in [0, 0.1) is 0 Å². The van der Waals surface area contributed by atoms with Crippen molar-refractivity contribution in [2.24, 2.45) is 0 Å². The summed E-state index contributed by atoms with van der Waals surface area (Å²) in [4.78, 5) is 17.6. The van der Waals surface area contributed by atoms with Crippen LogP contribution in [0.5, 0.6) is 0 Å². The van der Waals surface area contributed by atoms with Gasteiger partial charge in [-0.2, -0.15) is 5.10 Å². The summed E-state index contributed by atoms with van der Waals surface area (Å²) in [6.45, 7) is 4.93. The Balaban J connectivity index is 2.03. The summed E-state index contributed by atoms with van der Waals surface area (Å²) in [5.41, 5.74) is 0.315. The largest absolute Gasteiger partial charge is 0.358 e. The van der Waals surface area contributed by atoms with Crippen molar-refractivity contribution in [3.8, 4) is 0 Å². The number of likely N-dealkylation sites (N-methyl/N-ethyl adjacent to an activating group) is 1. The standard InChI is InChI=1S/C11H18N6O/c1-3-4-12-5-6-16(2)9-7-10-14-15-11(18)17(10)8-13-9/h7-8,12H,3-6H2,1-2H3,(H,15,18). The molecule has 0 aliphatic carbocycles. The molecular weight excluding hydrogens is 232 g/mol. The Bertz CT molecular complexity index is 560. The summed E-state index contributed by atoms with van der Waals surface area (Å²) in [6, 6.07) is 1.79. The molecule has 2 aromatic heterocycles. The van der Waals surface area contributed by atoms with E-state index >= 15 is 0 Å². The first-order valence-corrected chi connectivity index (χ1v) is 6.07. The monoisotopic (exact) mass is 250 g/mol. The van der Waals surface area contributed by atoms with Crippen LogP contribution in [-0.4, -0.2) is 46.3 Å². The maximum absolute atomic E-state index is 11.3. The molecule has 0 aliphatic rings. The van der Waals surface area contributed by atoms with Crippen LogP contribution < -0.4 is 15.9 Å². The molecule has 0 unspecified atom stereocenters. The molecule has 0 saturated heterocycles. The number of fused-ring (bicyclic) bond motifs is 1. The molecule has 7 heteroatoms. The van der Waals surface area contributed by atoms with Crippen LogP contribution in [0.15, 0.2) is 17.2 Å². The first kappa shape index (κ1) is 12.6. The number of nitrogens with zero attached hydrogens (tertiary/aromatic N) is 4. The van der Waals surface area contributed by atoms with E-state index in [0.29, 0.717) is 5.65 Å². The average molecular weight is 250 g/mol. The van der Waals surface area contributed by atoms with E-state index in [1.54, 1.807) is 6.07 Å². The second-order valence-corrected chi connectivity index (χ2v) is 4.18. The number of nitrogens with one attached hydrogen (secondary N) is 2. The molecule has 0 aromatic carbocycles. The molecule has 2 heterocycles. The van der Waals surface area contributed by atoms with Crippen molar-refractivity contribution >= 4 is 11.5 Å². The Morgan fingerprint density at radius 1 is 1.50 bits per heavy atom. The number of rotatable bonds is 6. The molecule has 2 rings (SSSR count). The minimum absolute atomic E-state index is 0.267. The fraction of sp³-hybridized carbons (Fsp3) is 0.545. The molecule has 18 heavy (non-hydrogen) atoms. The fourth-order valence-electron chi connectivity index (χ4n) is 1.67. The summed E-state index contributed by atoms with van der Waals surface area (Å²) < 4.78 is 1.38. The number of hydrogen-bond acceptors (Lipinski definition) is 5. The summed E-state index contributed by atoms with van der Waals surface area (Å²) in [5, 5.41) is 9.63. The highest BCUT2D eigenvalue weighted by Gasteiger charge is 2.05. The lowest BCUT2D eigenvalue weighted by atomic mass is 10.4. The molecule has 2 N–H and O–H groups in total. The summed E-state index contributed by atoms with van der Waals surface area (Å²) >= 11 is 0. The van der Waals surface area contributed by atoms with Gasteiger partial charge in [-0.05, 0) is 13.0 Å². The highest BCUT2D eigenvalue weighted by atomic mass is 16.1. The lowest BCUT2D eigenvalue weighted by Crippen LogP contribution is -2.30. The number of aromatic nitrogens is 4. The third-order valence-corrected chi connectivity index (χ3v) is 2.74. The molecule has 7 nitrogen and oxygen atoms in total. The number of aromatic amines is 1.